The van der Waals surface area contributed by atoms with E-state index < -0.39 is 0 Å². The van der Waals surface area contributed by atoms with Crippen molar-refractivity contribution in [2.45, 2.75) is 20.3 Å². The first-order chi connectivity index (χ1) is 11.0. The summed E-state index contributed by atoms with van der Waals surface area (Å²) in [6.45, 7) is 5.48. The minimum Gasteiger partial charge on any atom is -0.354 e. The molecular formula is C17H21ClN4O. The van der Waals surface area contributed by atoms with Crippen LogP contribution >= 0.6 is 11.6 Å². The fraction of sp³-hybridized carbons (Fsp3) is 0.353. The normalized spacial score (nSPS) is 10.6. The minimum absolute atomic E-state index is 0.206. The van der Waals surface area contributed by atoms with Gasteiger partial charge in [0, 0.05) is 24.3 Å². The number of halogens is 1. The predicted molar refractivity (Wildman–Crippen MR) is 92.8 cm³/mol. The Morgan fingerprint density at radius 3 is 2.87 bits per heavy atom. The first kappa shape index (κ1) is 17.2. The first-order valence-electron chi connectivity index (χ1n) is 7.64. The zero-order valence-electron chi connectivity index (χ0n) is 13.3. The molecule has 2 aromatic rings. The van der Waals surface area contributed by atoms with Crippen molar-refractivity contribution in [3.63, 3.8) is 0 Å². The average Bonchev–Trinajstić information content (AvgIpc) is 2.53. The number of amides is 1. The SMILES string of the molecule is CC(C)CNc1nccc(C(=O)NCCc2cccc(Cl)c2)n1. The molecule has 0 saturated carbocycles. The zero-order valence-corrected chi connectivity index (χ0v) is 14.1. The van der Waals surface area contributed by atoms with E-state index in [9.17, 15) is 4.79 Å². The highest BCUT2D eigenvalue weighted by Crippen LogP contribution is 2.10. The summed E-state index contributed by atoms with van der Waals surface area (Å²) in [5.41, 5.74) is 1.44. The van der Waals surface area contributed by atoms with Crippen molar-refractivity contribution in [2.75, 3.05) is 18.4 Å². The maximum Gasteiger partial charge on any atom is 0.270 e. The van der Waals surface area contributed by atoms with Crippen molar-refractivity contribution in [3.8, 4) is 0 Å². The number of benzene rings is 1. The molecule has 0 bridgehead atoms. The van der Waals surface area contributed by atoms with Crippen molar-refractivity contribution in [2.24, 2.45) is 5.92 Å². The van der Waals surface area contributed by atoms with Gasteiger partial charge in [-0.2, -0.15) is 0 Å². The number of rotatable bonds is 7. The van der Waals surface area contributed by atoms with Crippen LogP contribution in [0.25, 0.3) is 0 Å². The monoisotopic (exact) mass is 332 g/mol. The molecule has 5 nitrogen and oxygen atoms in total. The maximum atomic E-state index is 12.1. The number of carbonyl (C=O) groups is 1. The van der Waals surface area contributed by atoms with Crippen molar-refractivity contribution < 1.29 is 4.79 Å². The van der Waals surface area contributed by atoms with E-state index in [0.29, 0.717) is 29.1 Å². The van der Waals surface area contributed by atoms with Gasteiger partial charge in [-0.25, -0.2) is 9.97 Å². The minimum atomic E-state index is -0.206. The molecule has 2 N–H and O–H groups in total. The van der Waals surface area contributed by atoms with Gasteiger partial charge in [0.05, 0.1) is 0 Å². The van der Waals surface area contributed by atoms with Crippen LogP contribution in [0.3, 0.4) is 0 Å². The Hall–Kier alpha value is -2.14. The fourth-order valence-electron chi connectivity index (χ4n) is 1.97. The lowest BCUT2D eigenvalue weighted by molar-refractivity contribution is 0.0949. The van der Waals surface area contributed by atoms with E-state index in [0.717, 1.165) is 18.5 Å². The molecule has 1 heterocycles. The van der Waals surface area contributed by atoms with Gasteiger partial charge >= 0.3 is 0 Å². The summed E-state index contributed by atoms with van der Waals surface area (Å²) in [5, 5.41) is 6.67. The zero-order chi connectivity index (χ0) is 16.7. The third kappa shape index (κ3) is 5.87. The Kier molecular flexibility index (Phi) is 6.35. The Balaban J connectivity index is 1.86. The van der Waals surface area contributed by atoms with Crippen molar-refractivity contribution in [1.29, 1.82) is 0 Å². The van der Waals surface area contributed by atoms with E-state index in [2.05, 4.69) is 34.4 Å². The maximum absolute atomic E-state index is 12.1. The molecule has 23 heavy (non-hydrogen) atoms. The smallest absolute Gasteiger partial charge is 0.270 e. The molecule has 1 aromatic heterocycles. The number of nitrogens with one attached hydrogen (secondary N) is 2. The predicted octanol–water partition coefficient (Wildman–Crippen LogP) is 3.17. The Morgan fingerprint density at radius 2 is 2.13 bits per heavy atom. The summed E-state index contributed by atoms with van der Waals surface area (Å²) in [5.74, 6) is 0.747. The molecule has 1 amide bonds. The summed E-state index contributed by atoms with van der Waals surface area (Å²) >= 11 is 5.94. The van der Waals surface area contributed by atoms with E-state index in [1.807, 2.05) is 24.3 Å². The van der Waals surface area contributed by atoms with Gasteiger partial charge in [0.2, 0.25) is 5.95 Å². The van der Waals surface area contributed by atoms with E-state index in [-0.39, 0.29) is 5.91 Å². The van der Waals surface area contributed by atoms with Gasteiger partial charge in [-0.05, 0) is 36.1 Å². The number of anilines is 1. The molecule has 1 aromatic carbocycles. The van der Waals surface area contributed by atoms with Crippen LogP contribution in [0.5, 0.6) is 0 Å². The van der Waals surface area contributed by atoms with Crippen LogP contribution in [0.1, 0.15) is 29.9 Å². The molecule has 2 rings (SSSR count). The number of carbonyl (C=O) groups excluding carboxylic acids is 1. The van der Waals surface area contributed by atoms with Crippen molar-refractivity contribution in [1.82, 2.24) is 15.3 Å². The average molecular weight is 333 g/mol. The van der Waals surface area contributed by atoms with Gasteiger partial charge in [0.15, 0.2) is 0 Å². The van der Waals surface area contributed by atoms with Crippen molar-refractivity contribution in [3.05, 3.63) is 52.8 Å². The molecule has 0 fully saturated rings. The largest absolute Gasteiger partial charge is 0.354 e. The van der Waals surface area contributed by atoms with Crippen LogP contribution in [-0.2, 0) is 6.42 Å². The third-order valence-electron chi connectivity index (χ3n) is 3.14. The lowest BCUT2D eigenvalue weighted by Gasteiger charge is -2.09. The summed E-state index contributed by atoms with van der Waals surface area (Å²) < 4.78 is 0. The van der Waals surface area contributed by atoms with E-state index in [1.54, 1.807) is 12.3 Å². The number of aromatic nitrogens is 2. The van der Waals surface area contributed by atoms with Crippen LogP contribution in [0.15, 0.2) is 36.5 Å². The highest BCUT2D eigenvalue weighted by molar-refractivity contribution is 6.30. The Bertz CT molecular complexity index is 661. The highest BCUT2D eigenvalue weighted by atomic mass is 35.5. The second-order valence-electron chi connectivity index (χ2n) is 5.68. The van der Waals surface area contributed by atoms with Crippen LogP contribution in [-0.4, -0.2) is 29.0 Å². The van der Waals surface area contributed by atoms with Crippen LogP contribution in [0.4, 0.5) is 5.95 Å². The summed E-state index contributed by atoms with van der Waals surface area (Å²) in [6.07, 6.45) is 2.30. The van der Waals surface area contributed by atoms with Gasteiger partial charge < -0.3 is 10.6 Å². The number of nitrogens with zero attached hydrogens (tertiary/aromatic N) is 2. The lowest BCUT2D eigenvalue weighted by atomic mass is 10.1. The molecule has 122 valence electrons. The Labute approximate surface area is 141 Å². The lowest BCUT2D eigenvalue weighted by Crippen LogP contribution is -2.27. The third-order valence-corrected chi connectivity index (χ3v) is 3.38. The summed E-state index contributed by atoms with van der Waals surface area (Å²) in [6, 6.07) is 9.21. The number of hydrogen-bond acceptors (Lipinski definition) is 4. The fourth-order valence-corrected chi connectivity index (χ4v) is 2.18. The van der Waals surface area contributed by atoms with Gasteiger partial charge in [-0.1, -0.05) is 37.6 Å². The standard InChI is InChI=1S/C17H21ClN4O/c1-12(2)11-21-17-20-9-7-15(22-17)16(23)19-8-6-13-4-3-5-14(18)10-13/h3-5,7,9-10,12H,6,8,11H2,1-2H3,(H,19,23)(H,20,21,22). The topological polar surface area (TPSA) is 66.9 Å². The van der Waals surface area contributed by atoms with Crippen LogP contribution in [0.2, 0.25) is 5.02 Å². The molecule has 0 aliphatic rings. The summed E-state index contributed by atoms with van der Waals surface area (Å²) in [4.78, 5) is 20.5. The molecule has 6 heteroatoms. The molecule has 0 radical (unpaired) electrons. The molecule has 0 aliphatic carbocycles. The molecule has 0 aliphatic heterocycles. The van der Waals surface area contributed by atoms with E-state index in [4.69, 9.17) is 11.6 Å². The second kappa shape index (κ2) is 8.48. The number of hydrogen-bond donors (Lipinski definition) is 2. The second-order valence-corrected chi connectivity index (χ2v) is 6.11. The van der Waals surface area contributed by atoms with E-state index >= 15 is 0 Å². The quantitative estimate of drug-likeness (QED) is 0.817. The molecular weight excluding hydrogens is 312 g/mol. The molecule has 0 atom stereocenters. The molecule has 0 unspecified atom stereocenters. The van der Waals surface area contributed by atoms with Gasteiger partial charge in [0.1, 0.15) is 5.69 Å². The first-order valence-corrected chi connectivity index (χ1v) is 8.02. The van der Waals surface area contributed by atoms with Gasteiger partial charge in [0.25, 0.3) is 5.91 Å². The van der Waals surface area contributed by atoms with Crippen LogP contribution in [0, 0.1) is 5.92 Å². The Morgan fingerprint density at radius 1 is 1.30 bits per heavy atom. The molecule has 0 saturated heterocycles. The van der Waals surface area contributed by atoms with Gasteiger partial charge in [-0.3, -0.25) is 4.79 Å². The van der Waals surface area contributed by atoms with Gasteiger partial charge in [-0.15, -0.1) is 0 Å². The van der Waals surface area contributed by atoms with Crippen LogP contribution < -0.4 is 10.6 Å². The molecule has 0 spiro atoms. The summed E-state index contributed by atoms with van der Waals surface area (Å²) in [7, 11) is 0. The van der Waals surface area contributed by atoms with E-state index in [1.165, 1.54) is 0 Å². The highest BCUT2D eigenvalue weighted by Gasteiger charge is 2.08. The van der Waals surface area contributed by atoms with Crippen molar-refractivity contribution >= 4 is 23.5 Å².